The first-order valence-corrected chi connectivity index (χ1v) is 10.8. The first-order valence-electron chi connectivity index (χ1n) is 8.53. The van der Waals surface area contributed by atoms with Crippen LogP contribution in [-0.2, 0) is 9.84 Å². The minimum Gasteiger partial charge on any atom is -0.354 e. The predicted octanol–water partition coefficient (Wildman–Crippen LogP) is 1.71. The molecule has 1 fully saturated rings. The Morgan fingerprint density at radius 3 is 2.58 bits per heavy atom. The van der Waals surface area contributed by atoms with Crippen molar-refractivity contribution in [3.05, 3.63) is 35.5 Å². The molecule has 0 bridgehead atoms. The summed E-state index contributed by atoms with van der Waals surface area (Å²) >= 11 is 6.27. The third kappa shape index (κ3) is 4.03. The summed E-state index contributed by atoms with van der Waals surface area (Å²) < 4.78 is 24.0. The molecule has 1 aromatic carbocycles. The standard InChI is InChI=1S/C17H24ClN5O2S/c1-26(24,25)15-5-3-2-4-14(15)22-16-13(18)10-21-17(20,23-16)11-6-8-12(19)9-7-11/h2-5,10-12,21H,6-9,19-20H2,1H3,(H,22,23)/t11-,12-,17?. The van der Waals surface area contributed by atoms with Crippen LogP contribution in [-0.4, -0.2) is 32.3 Å². The largest absolute Gasteiger partial charge is 0.354 e. The number of halogens is 1. The molecule has 2 aliphatic rings. The molecule has 0 saturated heterocycles. The summed E-state index contributed by atoms with van der Waals surface area (Å²) in [6.07, 6.45) is 6.30. The van der Waals surface area contributed by atoms with E-state index in [1.807, 2.05) is 0 Å². The molecule has 1 aliphatic carbocycles. The van der Waals surface area contributed by atoms with Crippen LogP contribution in [0.2, 0.25) is 0 Å². The minimum absolute atomic E-state index is 0.116. The fourth-order valence-corrected chi connectivity index (χ4v) is 4.38. The Balaban J connectivity index is 1.89. The van der Waals surface area contributed by atoms with Gasteiger partial charge in [-0.3, -0.25) is 5.73 Å². The molecule has 1 saturated carbocycles. The number of nitrogens with one attached hydrogen (secondary N) is 2. The van der Waals surface area contributed by atoms with E-state index in [1.54, 1.807) is 24.4 Å². The number of para-hydroxylation sites is 1. The monoisotopic (exact) mass is 397 g/mol. The highest BCUT2D eigenvalue weighted by atomic mass is 35.5. The van der Waals surface area contributed by atoms with E-state index in [-0.39, 0.29) is 16.9 Å². The molecule has 0 amide bonds. The second kappa shape index (κ2) is 7.19. The Labute approximate surface area is 158 Å². The molecule has 6 N–H and O–H groups in total. The van der Waals surface area contributed by atoms with Gasteiger partial charge in [-0.25, -0.2) is 13.4 Å². The van der Waals surface area contributed by atoms with Gasteiger partial charge in [0.2, 0.25) is 0 Å². The summed E-state index contributed by atoms with van der Waals surface area (Å²) in [7, 11) is -3.40. The number of rotatable bonds is 3. The van der Waals surface area contributed by atoms with Crippen LogP contribution in [0, 0.1) is 5.92 Å². The molecule has 26 heavy (non-hydrogen) atoms. The van der Waals surface area contributed by atoms with Gasteiger partial charge in [-0.15, -0.1) is 0 Å². The topological polar surface area (TPSA) is 123 Å². The first-order chi connectivity index (χ1) is 12.2. The third-order valence-corrected chi connectivity index (χ3v) is 6.33. The summed E-state index contributed by atoms with van der Waals surface area (Å²) in [5, 5.41) is 6.46. The lowest BCUT2D eigenvalue weighted by Gasteiger charge is -2.40. The summed E-state index contributed by atoms with van der Waals surface area (Å²) in [6, 6.07) is 6.83. The van der Waals surface area contributed by atoms with Crippen molar-refractivity contribution < 1.29 is 8.42 Å². The van der Waals surface area contributed by atoms with E-state index >= 15 is 0 Å². The molecule has 1 aliphatic heterocycles. The normalized spacial score (nSPS) is 29.4. The average molecular weight is 398 g/mol. The highest BCUT2D eigenvalue weighted by Gasteiger charge is 2.38. The second-order valence-electron chi connectivity index (χ2n) is 6.93. The lowest BCUT2D eigenvalue weighted by molar-refractivity contribution is 0.179. The third-order valence-electron chi connectivity index (χ3n) is 4.89. The van der Waals surface area contributed by atoms with E-state index in [1.165, 1.54) is 6.07 Å². The van der Waals surface area contributed by atoms with Crippen LogP contribution >= 0.6 is 11.6 Å². The quantitative estimate of drug-likeness (QED) is 0.615. The Morgan fingerprint density at radius 2 is 1.92 bits per heavy atom. The number of nitrogens with two attached hydrogens (primary N) is 2. The lowest BCUT2D eigenvalue weighted by atomic mass is 9.82. The van der Waals surface area contributed by atoms with Crippen molar-refractivity contribution in [2.24, 2.45) is 22.4 Å². The van der Waals surface area contributed by atoms with Crippen LogP contribution in [0.1, 0.15) is 25.7 Å². The molecule has 9 heteroatoms. The molecule has 1 unspecified atom stereocenters. The number of aliphatic imine (C=N–C) groups is 1. The molecule has 0 radical (unpaired) electrons. The van der Waals surface area contributed by atoms with Crippen LogP contribution in [0.5, 0.6) is 0 Å². The number of hydrogen-bond acceptors (Lipinski definition) is 7. The molecule has 3 rings (SSSR count). The van der Waals surface area contributed by atoms with Gasteiger partial charge < -0.3 is 16.4 Å². The van der Waals surface area contributed by atoms with Gasteiger partial charge in [0.05, 0.1) is 15.6 Å². The molecule has 7 nitrogen and oxygen atoms in total. The summed E-state index contributed by atoms with van der Waals surface area (Å²) in [5.41, 5.74) is 12.9. The van der Waals surface area contributed by atoms with Crippen molar-refractivity contribution >= 4 is 33.0 Å². The number of amidine groups is 1. The number of hydrogen-bond donors (Lipinski definition) is 4. The second-order valence-corrected chi connectivity index (χ2v) is 9.32. The van der Waals surface area contributed by atoms with Gasteiger partial charge in [0.1, 0.15) is 5.84 Å². The van der Waals surface area contributed by atoms with Gasteiger partial charge in [0, 0.05) is 24.4 Å². The molecule has 1 heterocycles. The average Bonchev–Trinajstić information content (AvgIpc) is 2.58. The van der Waals surface area contributed by atoms with Gasteiger partial charge in [0.25, 0.3) is 0 Å². The Hall–Kier alpha value is -1.61. The van der Waals surface area contributed by atoms with Crippen LogP contribution in [0.4, 0.5) is 5.69 Å². The zero-order valence-corrected chi connectivity index (χ0v) is 16.1. The van der Waals surface area contributed by atoms with E-state index in [0.29, 0.717) is 16.6 Å². The maximum absolute atomic E-state index is 12.0. The highest BCUT2D eigenvalue weighted by Crippen LogP contribution is 2.33. The zero-order valence-electron chi connectivity index (χ0n) is 14.6. The van der Waals surface area contributed by atoms with Crippen molar-refractivity contribution in [3.8, 4) is 0 Å². The van der Waals surface area contributed by atoms with Crippen molar-refractivity contribution in [2.45, 2.75) is 42.4 Å². The fourth-order valence-electron chi connectivity index (χ4n) is 3.39. The van der Waals surface area contributed by atoms with Crippen molar-refractivity contribution in [3.63, 3.8) is 0 Å². The maximum Gasteiger partial charge on any atom is 0.187 e. The zero-order chi connectivity index (χ0) is 18.9. The van der Waals surface area contributed by atoms with E-state index < -0.39 is 15.6 Å². The Morgan fingerprint density at radius 1 is 1.27 bits per heavy atom. The smallest absolute Gasteiger partial charge is 0.187 e. The Bertz CT molecular complexity index is 846. The summed E-state index contributed by atoms with van der Waals surface area (Å²) in [6.45, 7) is 0. The van der Waals surface area contributed by atoms with Gasteiger partial charge in [-0.05, 0) is 37.8 Å². The molecule has 1 aromatic rings. The fraction of sp³-hybridized carbons (Fsp3) is 0.471. The molecular weight excluding hydrogens is 374 g/mol. The van der Waals surface area contributed by atoms with Crippen molar-refractivity contribution in [2.75, 3.05) is 11.6 Å². The number of sulfone groups is 1. The molecule has 0 spiro atoms. The minimum atomic E-state index is -3.40. The van der Waals surface area contributed by atoms with Gasteiger partial charge >= 0.3 is 0 Å². The first kappa shape index (κ1) is 19.2. The van der Waals surface area contributed by atoms with Crippen LogP contribution in [0.15, 0.2) is 45.4 Å². The van der Waals surface area contributed by atoms with E-state index in [2.05, 4.69) is 15.6 Å². The summed E-state index contributed by atoms with van der Waals surface area (Å²) in [5.74, 6) is -0.537. The predicted molar refractivity (Wildman–Crippen MR) is 105 cm³/mol. The van der Waals surface area contributed by atoms with E-state index in [9.17, 15) is 8.42 Å². The van der Waals surface area contributed by atoms with E-state index in [4.69, 9.17) is 23.1 Å². The molecular formula is C17H24ClN5O2S. The SMILES string of the molecule is CS(=O)(=O)c1ccccc1NC1=NC(N)([C@H]2CC[C@H](N)CC2)NC=C1Cl. The number of anilines is 1. The van der Waals surface area contributed by atoms with E-state index in [0.717, 1.165) is 31.9 Å². The molecule has 0 aromatic heterocycles. The van der Waals surface area contributed by atoms with Crippen LogP contribution in [0.3, 0.4) is 0 Å². The van der Waals surface area contributed by atoms with Gasteiger partial charge in [0.15, 0.2) is 15.6 Å². The maximum atomic E-state index is 12.0. The molecule has 1 atom stereocenters. The Kier molecular flexibility index (Phi) is 5.30. The summed E-state index contributed by atoms with van der Waals surface area (Å²) in [4.78, 5) is 4.78. The molecule has 142 valence electrons. The van der Waals surface area contributed by atoms with Gasteiger partial charge in [-0.1, -0.05) is 23.7 Å². The number of benzene rings is 1. The van der Waals surface area contributed by atoms with Crippen molar-refractivity contribution in [1.29, 1.82) is 0 Å². The highest BCUT2D eigenvalue weighted by molar-refractivity contribution is 7.90. The van der Waals surface area contributed by atoms with Crippen LogP contribution < -0.4 is 22.1 Å². The lowest BCUT2D eigenvalue weighted by Crippen LogP contribution is -2.59. The number of nitrogens with zero attached hydrogens (tertiary/aromatic N) is 1. The van der Waals surface area contributed by atoms with Crippen molar-refractivity contribution in [1.82, 2.24) is 5.32 Å². The van der Waals surface area contributed by atoms with Crippen LogP contribution in [0.25, 0.3) is 0 Å². The van der Waals surface area contributed by atoms with Gasteiger partial charge in [-0.2, -0.15) is 0 Å².